The molecule has 1 heterocycles. The first-order valence-corrected chi connectivity index (χ1v) is 18.2. The van der Waals surface area contributed by atoms with E-state index in [0.29, 0.717) is 17.5 Å². The average Bonchev–Trinajstić information content (AvgIpc) is 3.27. The van der Waals surface area contributed by atoms with Gasteiger partial charge in [0, 0.05) is 16.7 Å². The van der Waals surface area contributed by atoms with E-state index in [-0.39, 0.29) is 0 Å². The molecule has 0 N–H and O–H groups in total. The van der Waals surface area contributed by atoms with Crippen LogP contribution >= 0.6 is 0 Å². The number of rotatable bonds is 8. The lowest BCUT2D eigenvalue weighted by Crippen LogP contribution is -2.00. The minimum atomic E-state index is 0.626. The third kappa shape index (κ3) is 6.74. The summed E-state index contributed by atoms with van der Waals surface area (Å²) in [5.41, 5.74) is 14.4. The van der Waals surface area contributed by atoms with Crippen LogP contribution in [0, 0.1) is 0 Å². The molecule has 9 rings (SSSR count). The molecule has 0 aliphatic rings. The zero-order valence-electron chi connectivity index (χ0n) is 29.5. The molecule has 8 aromatic carbocycles. The molecule has 0 aliphatic heterocycles. The molecule has 0 unspecified atom stereocenters. The fourth-order valence-electron chi connectivity index (χ4n) is 7.03. The molecule has 254 valence electrons. The van der Waals surface area contributed by atoms with E-state index in [2.05, 4.69) is 200 Å². The van der Waals surface area contributed by atoms with Crippen molar-refractivity contribution in [2.24, 2.45) is 0 Å². The molecule has 0 radical (unpaired) electrons. The maximum atomic E-state index is 5.09. The Labute approximate surface area is 316 Å². The van der Waals surface area contributed by atoms with E-state index in [1.165, 1.54) is 33.4 Å². The van der Waals surface area contributed by atoms with Crippen LogP contribution in [0.2, 0.25) is 0 Å². The summed E-state index contributed by atoms with van der Waals surface area (Å²) in [6.45, 7) is 0. The van der Waals surface area contributed by atoms with E-state index >= 15 is 0 Å². The summed E-state index contributed by atoms with van der Waals surface area (Å²) in [5.74, 6) is 1.89. The van der Waals surface area contributed by atoms with Crippen molar-refractivity contribution in [2.45, 2.75) is 0 Å². The zero-order valence-corrected chi connectivity index (χ0v) is 29.5. The van der Waals surface area contributed by atoms with Gasteiger partial charge in [0.15, 0.2) is 17.5 Å². The third-order valence-corrected chi connectivity index (χ3v) is 9.80. The van der Waals surface area contributed by atoms with Crippen LogP contribution in [0.15, 0.2) is 212 Å². The highest BCUT2D eigenvalue weighted by Crippen LogP contribution is 2.39. The fraction of sp³-hybridized carbons (Fsp3) is 0. The van der Waals surface area contributed by atoms with E-state index in [1.54, 1.807) is 0 Å². The predicted octanol–water partition coefficient (Wildman–Crippen LogP) is 13.2. The summed E-state index contributed by atoms with van der Waals surface area (Å²) < 4.78 is 0. The van der Waals surface area contributed by atoms with E-state index < -0.39 is 0 Å². The van der Waals surface area contributed by atoms with Crippen molar-refractivity contribution in [1.82, 2.24) is 15.0 Å². The van der Waals surface area contributed by atoms with Gasteiger partial charge >= 0.3 is 0 Å². The molecule has 9 aromatic rings. The Bertz CT molecular complexity index is 2670. The lowest BCUT2D eigenvalue weighted by Gasteiger charge is -2.15. The molecular weight excluding hydrogens is 655 g/mol. The Kier molecular flexibility index (Phi) is 8.94. The van der Waals surface area contributed by atoms with Crippen LogP contribution in [0.4, 0.5) is 0 Å². The molecule has 3 heteroatoms. The number of aromatic nitrogens is 3. The predicted molar refractivity (Wildman–Crippen MR) is 223 cm³/mol. The highest BCUT2D eigenvalue weighted by molar-refractivity contribution is 5.92. The van der Waals surface area contributed by atoms with Crippen molar-refractivity contribution in [2.75, 3.05) is 0 Å². The van der Waals surface area contributed by atoms with Crippen LogP contribution in [-0.2, 0) is 0 Å². The first-order chi connectivity index (χ1) is 26.8. The molecule has 0 spiro atoms. The normalized spacial score (nSPS) is 11.0. The molecule has 0 amide bonds. The molecule has 0 atom stereocenters. The maximum absolute atomic E-state index is 5.09. The van der Waals surface area contributed by atoms with Gasteiger partial charge in [0.05, 0.1) is 0 Å². The summed E-state index contributed by atoms with van der Waals surface area (Å²) in [4.78, 5) is 15.2. The Balaban J connectivity index is 1.12. The first-order valence-electron chi connectivity index (χ1n) is 18.2. The second kappa shape index (κ2) is 14.8. The van der Waals surface area contributed by atoms with Gasteiger partial charge in [0.2, 0.25) is 0 Å². The standard InChI is InChI=1S/C51H35N3/c1-4-15-36(16-5-1)38-27-31-41(32-28-38)49-52-50(54-51(53-49)44-22-14-21-43(35-44)37-17-6-2-7-18-37)42-33-29-40(30-34-42)46-24-11-13-26-48(46)47-25-12-10-23-45(47)39-19-8-3-9-20-39/h1-35H. The average molecular weight is 690 g/mol. The fourth-order valence-corrected chi connectivity index (χ4v) is 7.03. The van der Waals surface area contributed by atoms with Crippen LogP contribution in [0.25, 0.3) is 89.8 Å². The minimum Gasteiger partial charge on any atom is -0.208 e. The van der Waals surface area contributed by atoms with Crippen molar-refractivity contribution >= 4 is 0 Å². The molecule has 0 bridgehead atoms. The number of benzene rings is 8. The highest BCUT2D eigenvalue weighted by Gasteiger charge is 2.16. The van der Waals surface area contributed by atoms with Crippen LogP contribution in [0.1, 0.15) is 0 Å². The van der Waals surface area contributed by atoms with Gasteiger partial charge in [-0.1, -0.05) is 206 Å². The SMILES string of the molecule is c1ccc(-c2ccc(-c3nc(-c4ccc(-c5ccccc5-c5ccccc5-c5ccccc5)cc4)nc(-c4cccc(-c5ccccc5)c4)n3)cc2)cc1. The molecular formula is C51H35N3. The Morgan fingerprint density at radius 3 is 0.981 bits per heavy atom. The van der Waals surface area contributed by atoms with Crippen LogP contribution < -0.4 is 0 Å². The largest absolute Gasteiger partial charge is 0.208 e. The van der Waals surface area contributed by atoms with E-state index in [9.17, 15) is 0 Å². The van der Waals surface area contributed by atoms with Crippen molar-refractivity contribution in [1.29, 1.82) is 0 Å². The second-order valence-electron chi connectivity index (χ2n) is 13.2. The lowest BCUT2D eigenvalue weighted by atomic mass is 9.89. The zero-order chi connectivity index (χ0) is 36.1. The van der Waals surface area contributed by atoms with Gasteiger partial charge < -0.3 is 0 Å². The smallest absolute Gasteiger partial charge is 0.164 e. The minimum absolute atomic E-state index is 0.626. The number of hydrogen-bond acceptors (Lipinski definition) is 3. The molecule has 0 fully saturated rings. The van der Waals surface area contributed by atoms with Gasteiger partial charge in [0.1, 0.15) is 0 Å². The molecule has 0 saturated heterocycles. The quantitative estimate of drug-likeness (QED) is 0.159. The third-order valence-electron chi connectivity index (χ3n) is 9.80. The van der Waals surface area contributed by atoms with Gasteiger partial charge in [-0.15, -0.1) is 0 Å². The van der Waals surface area contributed by atoms with Gasteiger partial charge in [-0.05, 0) is 61.7 Å². The summed E-state index contributed by atoms with van der Waals surface area (Å²) >= 11 is 0. The number of hydrogen-bond donors (Lipinski definition) is 0. The van der Waals surface area contributed by atoms with Crippen molar-refractivity contribution in [3.63, 3.8) is 0 Å². The Hall–Kier alpha value is -7.23. The van der Waals surface area contributed by atoms with Crippen molar-refractivity contribution in [3.8, 4) is 89.8 Å². The van der Waals surface area contributed by atoms with Crippen LogP contribution in [0.5, 0.6) is 0 Å². The van der Waals surface area contributed by atoms with Gasteiger partial charge in [-0.2, -0.15) is 0 Å². The molecule has 3 nitrogen and oxygen atoms in total. The van der Waals surface area contributed by atoms with E-state index in [0.717, 1.165) is 38.9 Å². The lowest BCUT2D eigenvalue weighted by molar-refractivity contribution is 1.07. The summed E-state index contributed by atoms with van der Waals surface area (Å²) in [6.07, 6.45) is 0. The van der Waals surface area contributed by atoms with Gasteiger partial charge in [-0.25, -0.2) is 15.0 Å². The second-order valence-corrected chi connectivity index (χ2v) is 13.2. The molecule has 54 heavy (non-hydrogen) atoms. The van der Waals surface area contributed by atoms with Gasteiger partial charge in [-0.3, -0.25) is 0 Å². The Morgan fingerprint density at radius 1 is 0.185 bits per heavy atom. The van der Waals surface area contributed by atoms with Crippen molar-refractivity contribution < 1.29 is 0 Å². The van der Waals surface area contributed by atoms with E-state index in [4.69, 9.17) is 15.0 Å². The maximum Gasteiger partial charge on any atom is 0.164 e. The number of nitrogens with zero attached hydrogens (tertiary/aromatic N) is 3. The van der Waals surface area contributed by atoms with Crippen LogP contribution in [0.3, 0.4) is 0 Å². The molecule has 0 aliphatic carbocycles. The monoisotopic (exact) mass is 689 g/mol. The van der Waals surface area contributed by atoms with E-state index in [1.807, 2.05) is 12.1 Å². The topological polar surface area (TPSA) is 38.7 Å². The molecule has 1 aromatic heterocycles. The summed E-state index contributed by atoms with van der Waals surface area (Å²) in [6, 6.07) is 74.1. The summed E-state index contributed by atoms with van der Waals surface area (Å²) in [7, 11) is 0. The summed E-state index contributed by atoms with van der Waals surface area (Å²) in [5, 5.41) is 0. The molecule has 0 saturated carbocycles. The van der Waals surface area contributed by atoms with Crippen molar-refractivity contribution in [3.05, 3.63) is 212 Å². The van der Waals surface area contributed by atoms with Gasteiger partial charge in [0.25, 0.3) is 0 Å². The Morgan fingerprint density at radius 2 is 0.481 bits per heavy atom. The first kappa shape index (κ1) is 32.7. The van der Waals surface area contributed by atoms with Crippen LogP contribution in [-0.4, -0.2) is 15.0 Å². The highest BCUT2D eigenvalue weighted by atomic mass is 15.0.